The first-order valence-corrected chi connectivity index (χ1v) is 10.4. The van der Waals surface area contributed by atoms with Crippen LogP contribution in [-0.2, 0) is 9.59 Å². The largest absolute Gasteiger partial charge is 0.274 e. The highest BCUT2D eigenvalue weighted by Crippen LogP contribution is 2.60. The van der Waals surface area contributed by atoms with Gasteiger partial charge in [-0.2, -0.15) is 0 Å². The predicted molar refractivity (Wildman–Crippen MR) is 106 cm³/mol. The van der Waals surface area contributed by atoms with Gasteiger partial charge in [0.1, 0.15) is 0 Å². The zero-order valence-corrected chi connectivity index (χ0v) is 16.5. The van der Waals surface area contributed by atoms with Crippen molar-refractivity contribution >= 4 is 28.3 Å². The number of benzene rings is 1. The summed E-state index contributed by atoms with van der Waals surface area (Å²) in [6.07, 6.45) is 2.07. The highest BCUT2D eigenvalue weighted by molar-refractivity contribution is 7.14. The Morgan fingerprint density at radius 1 is 1.04 bits per heavy atom. The first kappa shape index (κ1) is 16.9. The Morgan fingerprint density at radius 3 is 2.19 bits per heavy atom. The molecule has 4 nitrogen and oxygen atoms in total. The second kappa shape index (κ2) is 5.86. The summed E-state index contributed by atoms with van der Waals surface area (Å²) in [6.45, 7) is 6.28. The number of aromatic nitrogens is 1. The highest BCUT2D eigenvalue weighted by atomic mass is 32.1. The molecule has 1 aliphatic heterocycles. The van der Waals surface area contributed by atoms with Crippen LogP contribution in [0.5, 0.6) is 0 Å². The molecule has 2 heterocycles. The maximum atomic E-state index is 13.2. The summed E-state index contributed by atoms with van der Waals surface area (Å²) in [7, 11) is 0. The monoisotopic (exact) mass is 378 g/mol. The molecule has 1 aromatic heterocycles. The summed E-state index contributed by atoms with van der Waals surface area (Å²) in [6, 6.07) is 8.14. The zero-order valence-electron chi connectivity index (χ0n) is 15.7. The Labute approximate surface area is 162 Å². The summed E-state index contributed by atoms with van der Waals surface area (Å²) >= 11 is 1.38. The third kappa shape index (κ3) is 2.30. The van der Waals surface area contributed by atoms with E-state index >= 15 is 0 Å². The second-order valence-corrected chi connectivity index (χ2v) is 9.03. The number of fused-ring (bicyclic) bond motifs is 5. The molecule has 2 aromatic rings. The Kier molecular flexibility index (Phi) is 3.66. The van der Waals surface area contributed by atoms with E-state index in [-0.39, 0.29) is 35.5 Å². The molecular weight excluding hydrogens is 356 g/mol. The summed E-state index contributed by atoms with van der Waals surface area (Å²) in [5.74, 6) is 0.0771. The maximum absolute atomic E-state index is 13.2. The van der Waals surface area contributed by atoms with Gasteiger partial charge in [-0.15, -0.1) is 11.3 Å². The quantitative estimate of drug-likeness (QED) is 0.567. The first-order valence-electron chi connectivity index (χ1n) is 9.55. The minimum absolute atomic E-state index is 0.0410. The molecule has 138 valence electrons. The number of nitrogens with zero attached hydrogens (tertiary/aromatic N) is 2. The third-order valence-corrected chi connectivity index (χ3v) is 7.29. The lowest BCUT2D eigenvalue weighted by Gasteiger charge is -2.18. The van der Waals surface area contributed by atoms with Crippen molar-refractivity contribution in [1.82, 2.24) is 4.98 Å². The molecule has 2 saturated carbocycles. The van der Waals surface area contributed by atoms with Crippen LogP contribution in [0.2, 0.25) is 0 Å². The summed E-state index contributed by atoms with van der Waals surface area (Å²) in [5, 5.41) is 2.46. The minimum atomic E-state index is -0.173. The molecule has 2 aliphatic carbocycles. The lowest BCUT2D eigenvalue weighted by molar-refractivity contribution is -0.123. The van der Waals surface area contributed by atoms with E-state index in [0.29, 0.717) is 5.13 Å². The molecule has 27 heavy (non-hydrogen) atoms. The van der Waals surface area contributed by atoms with Gasteiger partial charge in [0.05, 0.1) is 17.5 Å². The smallest absolute Gasteiger partial charge is 0.240 e. The van der Waals surface area contributed by atoms with E-state index in [1.807, 2.05) is 36.6 Å². The number of carbonyl (C=O) groups excluding carboxylic acids is 2. The fourth-order valence-corrected chi connectivity index (χ4v) is 6.25. The van der Waals surface area contributed by atoms with Crippen LogP contribution >= 0.6 is 11.3 Å². The van der Waals surface area contributed by atoms with Gasteiger partial charge in [-0.1, -0.05) is 41.0 Å². The van der Waals surface area contributed by atoms with Crippen LogP contribution in [0.3, 0.4) is 0 Å². The molecule has 1 saturated heterocycles. The molecule has 1 aromatic carbocycles. The van der Waals surface area contributed by atoms with E-state index < -0.39 is 0 Å². The fraction of sp³-hybridized carbons (Fsp3) is 0.409. The highest BCUT2D eigenvalue weighted by Gasteiger charge is 2.64. The van der Waals surface area contributed by atoms with E-state index in [1.165, 1.54) is 32.9 Å². The van der Waals surface area contributed by atoms with Crippen LogP contribution in [0.4, 0.5) is 5.13 Å². The number of carbonyl (C=O) groups is 2. The van der Waals surface area contributed by atoms with Crippen LogP contribution in [-0.4, -0.2) is 16.8 Å². The number of rotatable bonds is 2. The average Bonchev–Trinajstić information content (AvgIpc) is 3.38. The lowest BCUT2D eigenvalue weighted by atomic mass is 9.81. The number of hydrogen-bond acceptors (Lipinski definition) is 4. The van der Waals surface area contributed by atoms with E-state index in [9.17, 15) is 9.59 Å². The molecule has 0 radical (unpaired) electrons. The summed E-state index contributed by atoms with van der Waals surface area (Å²) in [4.78, 5) is 32.4. The Balaban J connectivity index is 1.49. The average molecular weight is 378 g/mol. The van der Waals surface area contributed by atoms with Crippen LogP contribution < -0.4 is 4.90 Å². The molecule has 0 spiro atoms. The molecule has 2 bridgehead atoms. The van der Waals surface area contributed by atoms with Crippen LogP contribution in [0, 0.1) is 30.6 Å². The number of hydrogen-bond donors (Lipinski definition) is 0. The van der Waals surface area contributed by atoms with E-state index in [2.05, 4.69) is 18.8 Å². The number of imide groups is 1. The van der Waals surface area contributed by atoms with E-state index in [1.54, 1.807) is 0 Å². The van der Waals surface area contributed by atoms with Gasteiger partial charge >= 0.3 is 0 Å². The van der Waals surface area contributed by atoms with Crippen molar-refractivity contribution in [3.8, 4) is 11.3 Å². The number of anilines is 1. The SMILES string of the molecule is CC(C)=C1[C@H]2CC[C@@H]1[C@H]1C(=O)N(c3nc(-c4ccc(C)cc4)cs3)C(=O)[C@H]12. The molecule has 0 unspecified atom stereocenters. The van der Waals surface area contributed by atoms with Crippen LogP contribution in [0.1, 0.15) is 32.3 Å². The lowest BCUT2D eigenvalue weighted by Crippen LogP contribution is -2.33. The van der Waals surface area contributed by atoms with Gasteiger partial charge < -0.3 is 0 Å². The number of allylic oxidation sites excluding steroid dienone is 2. The Bertz CT molecular complexity index is 952. The van der Waals surface area contributed by atoms with Gasteiger partial charge in [0.2, 0.25) is 11.8 Å². The molecule has 2 amide bonds. The molecule has 3 aliphatic rings. The van der Waals surface area contributed by atoms with Crippen molar-refractivity contribution in [3.05, 3.63) is 46.4 Å². The number of aryl methyl sites for hydroxylation is 1. The molecule has 0 N–H and O–H groups in total. The van der Waals surface area contributed by atoms with Gasteiger partial charge in [0.15, 0.2) is 5.13 Å². The second-order valence-electron chi connectivity index (χ2n) is 8.19. The first-order chi connectivity index (χ1) is 13.0. The zero-order chi connectivity index (χ0) is 18.9. The van der Waals surface area contributed by atoms with Gasteiger partial charge in [0, 0.05) is 10.9 Å². The Morgan fingerprint density at radius 2 is 1.63 bits per heavy atom. The molecule has 4 atom stereocenters. The topological polar surface area (TPSA) is 50.3 Å². The third-order valence-electron chi connectivity index (χ3n) is 6.46. The fourth-order valence-electron chi connectivity index (χ4n) is 5.40. The molecular formula is C22H22N2O2S. The van der Waals surface area contributed by atoms with Crippen molar-refractivity contribution in [2.45, 2.75) is 33.6 Å². The van der Waals surface area contributed by atoms with Gasteiger partial charge in [0.25, 0.3) is 0 Å². The predicted octanol–water partition coefficient (Wildman–Crippen LogP) is 4.60. The van der Waals surface area contributed by atoms with Crippen molar-refractivity contribution in [2.75, 3.05) is 4.90 Å². The van der Waals surface area contributed by atoms with Crippen molar-refractivity contribution < 1.29 is 9.59 Å². The Hall–Kier alpha value is -2.27. The molecule has 5 heteroatoms. The van der Waals surface area contributed by atoms with Crippen molar-refractivity contribution in [2.24, 2.45) is 23.7 Å². The molecule has 3 fully saturated rings. The maximum Gasteiger partial charge on any atom is 0.240 e. The van der Waals surface area contributed by atoms with Crippen LogP contribution in [0.25, 0.3) is 11.3 Å². The normalized spacial score (nSPS) is 29.0. The van der Waals surface area contributed by atoms with Gasteiger partial charge in [-0.3, -0.25) is 9.59 Å². The van der Waals surface area contributed by atoms with Crippen molar-refractivity contribution in [1.29, 1.82) is 0 Å². The molecule has 5 rings (SSSR count). The summed E-state index contributed by atoms with van der Waals surface area (Å²) < 4.78 is 0. The van der Waals surface area contributed by atoms with Crippen LogP contribution in [0.15, 0.2) is 40.8 Å². The minimum Gasteiger partial charge on any atom is -0.274 e. The number of amides is 2. The van der Waals surface area contributed by atoms with Gasteiger partial charge in [-0.05, 0) is 45.4 Å². The van der Waals surface area contributed by atoms with E-state index in [4.69, 9.17) is 0 Å². The standard InChI is InChI=1S/C22H22N2O2S/c1-11(2)17-14-8-9-15(17)19-18(14)20(25)24(21(19)26)22-23-16(10-27-22)13-6-4-12(3)5-7-13/h4-7,10,14-15,18-19H,8-9H2,1-3H3/t14-,15+,18+,19-. The summed E-state index contributed by atoms with van der Waals surface area (Å²) in [5.41, 5.74) is 5.69. The van der Waals surface area contributed by atoms with E-state index in [0.717, 1.165) is 24.1 Å². The van der Waals surface area contributed by atoms with Crippen molar-refractivity contribution in [3.63, 3.8) is 0 Å². The van der Waals surface area contributed by atoms with Gasteiger partial charge in [-0.25, -0.2) is 9.88 Å². The number of thiazole rings is 1.